The quantitative estimate of drug-likeness (QED) is 0.618. The number of rotatable bonds is 3. The molecule has 0 saturated heterocycles. The molecule has 2 aliphatic rings. The van der Waals surface area contributed by atoms with Crippen LogP contribution in [0.4, 0.5) is 5.82 Å². The van der Waals surface area contributed by atoms with E-state index in [2.05, 4.69) is 45.4 Å². The molecule has 1 atom stereocenters. The third-order valence-corrected chi connectivity index (χ3v) is 6.33. The molecular formula is C25H26BrN3O2. The Morgan fingerprint density at radius 3 is 2.48 bits per heavy atom. The van der Waals surface area contributed by atoms with Gasteiger partial charge in [-0.3, -0.25) is 9.59 Å². The lowest BCUT2D eigenvalue weighted by atomic mass is 9.68. The van der Waals surface area contributed by atoms with Crippen LogP contribution < -0.4 is 10.6 Å². The maximum Gasteiger partial charge on any atom is 0.255 e. The maximum atomic E-state index is 13.4. The lowest BCUT2D eigenvalue weighted by Gasteiger charge is -2.39. The van der Waals surface area contributed by atoms with Crippen LogP contribution in [0.25, 0.3) is 0 Å². The summed E-state index contributed by atoms with van der Waals surface area (Å²) < 4.78 is 0.836. The zero-order valence-electron chi connectivity index (χ0n) is 18.2. The molecule has 0 bridgehead atoms. The molecule has 1 unspecified atom stereocenters. The Morgan fingerprint density at radius 1 is 1.13 bits per heavy atom. The molecule has 2 aromatic rings. The number of nitrogens with zero attached hydrogens (tertiary/aromatic N) is 1. The fraction of sp³-hybridized carbons (Fsp3) is 0.320. The summed E-state index contributed by atoms with van der Waals surface area (Å²) in [5, 5.41) is 6.30. The molecule has 2 heterocycles. The Hall–Kier alpha value is -2.73. The van der Waals surface area contributed by atoms with Crippen molar-refractivity contribution in [3.63, 3.8) is 0 Å². The van der Waals surface area contributed by atoms with E-state index in [4.69, 9.17) is 0 Å². The molecule has 31 heavy (non-hydrogen) atoms. The molecule has 4 rings (SSSR count). The van der Waals surface area contributed by atoms with E-state index in [-0.39, 0.29) is 17.1 Å². The first kappa shape index (κ1) is 21.5. The molecular weight excluding hydrogens is 454 g/mol. The molecule has 0 spiro atoms. The summed E-state index contributed by atoms with van der Waals surface area (Å²) in [6, 6.07) is 11.6. The number of ketones is 1. The standard InChI is InChI=1S/C25H26BrN3O2/c1-14-5-7-16(8-6-14)22-21(24(31)29-20-10-9-17(26)13-27-20)15(2)28-18-11-25(3,4)12-19(30)23(18)22/h5-10,13,22,28H,11-12H2,1-4H3,(H,27,29,31). The molecule has 0 radical (unpaired) electrons. The van der Waals surface area contributed by atoms with Crippen LogP contribution in [0.5, 0.6) is 0 Å². The first-order valence-electron chi connectivity index (χ1n) is 10.4. The number of nitrogens with one attached hydrogen (secondary N) is 2. The molecule has 1 amide bonds. The predicted molar refractivity (Wildman–Crippen MR) is 125 cm³/mol. The average Bonchev–Trinajstić information content (AvgIpc) is 2.68. The van der Waals surface area contributed by atoms with Gasteiger partial charge in [0.05, 0.1) is 0 Å². The maximum absolute atomic E-state index is 13.4. The minimum atomic E-state index is -0.407. The van der Waals surface area contributed by atoms with E-state index >= 15 is 0 Å². The van der Waals surface area contributed by atoms with Gasteiger partial charge >= 0.3 is 0 Å². The Labute approximate surface area is 191 Å². The fourth-order valence-electron chi connectivity index (χ4n) is 4.46. The van der Waals surface area contributed by atoms with Gasteiger partial charge in [-0.05, 0) is 59.3 Å². The molecule has 6 heteroatoms. The summed E-state index contributed by atoms with van der Waals surface area (Å²) in [4.78, 5) is 31.0. The number of halogens is 1. The zero-order valence-corrected chi connectivity index (χ0v) is 19.8. The highest BCUT2D eigenvalue weighted by atomic mass is 79.9. The van der Waals surface area contributed by atoms with Crippen molar-refractivity contribution < 1.29 is 9.59 Å². The summed E-state index contributed by atoms with van der Waals surface area (Å²) in [5.74, 6) is -0.0959. The molecule has 0 fully saturated rings. The second-order valence-electron chi connectivity index (χ2n) is 9.16. The van der Waals surface area contributed by atoms with Crippen molar-refractivity contribution in [3.8, 4) is 0 Å². The molecule has 5 nitrogen and oxygen atoms in total. The molecule has 160 valence electrons. The van der Waals surface area contributed by atoms with E-state index in [1.807, 2.05) is 44.2 Å². The second kappa shape index (κ2) is 8.08. The van der Waals surface area contributed by atoms with Gasteiger partial charge in [-0.25, -0.2) is 4.98 Å². The largest absolute Gasteiger partial charge is 0.362 e. The molecule has 1 aromatic carbocycles. The molecule has 2 N–H and O–H groups in total. The molecule has 0 saturated carbocycles. The number of aryl methyl sites for hydroxylation is 1. The summed E-state index contributed by atoms with van der Waals surface area (Å²) in [7, 11) is 0. The van der Waals surface area contributed by atoms with E-state index < -0.39 is 5.92 Å². The highest BCUT2D eigenvalue weighted by Gasteiger charge is 2.42. The number of pyridine rings is 1. The van der Waals surface area contributed by atoms with Crippen molar-refractivity contribution >= 4 is 33.4 Å². The second-order valence-corrected chi connectivity index (χ2v) is 10.1. The highest BCUT2D eigenvalue weighted by Crippen LogP contribution is 2.46. The minimum absolute atomic E-state index is 0.101. The van der Waals surface area contributed by atoms with Gasteiger partial charge in [-0.1, -0.05) is 43.7 Å². The number of Topliss-reactive ketones (excluding diaryl/α,β-unsaturated/α-hetero) is 1. The lowest BCUT2D eigenvalue weighted by Crippen LogP contribution is -2.39. The number of carbonyl (C=O) groups is 2. The number of amides is 1. The number of benzene rings is 1. The van der Waals surface area contributed by atoms with Crippen molar-refractivity contribution in [3.05, 3.63) is 80.7 Å². The normalized spacial score (nSPS) is 20.3. The number of dihydropyridines is 1. The van der Waals surface area contributed by atoms with Gasteiger partial charge in [-0.15, -0.1) is 0 Å². The number of carbonyl (C=O) groups excluding carboxylic acids is 2. The molecule has 1 aliphatic carbocycles. The minimum Gasteiger partial charge on any atom is -0.362 e. The molecule has 1 aromatic heterocycles. The molecule has 1 aliphatic heterocycles. The highest BCUT2D eigenvalue weighted by molar-refractivity contribution is 9.10. The number of aromatic nitrogens is 1. The van der Waals surface area contributed by atoms with Gasteiger partial charge in [0.1, 0.15) is 5.82 Å². The van der Waals surface area contributed by atoms with Crippen molar-refractivity contribution in [1.29, 1.82) is 0 Å². The average molecular weight is 480 g/mol. The Morgan fingerprint density at radius 2 is 1.84 bits per heavy atom. The van der Waals surface area contributed by atoms with Crippen LogP contribution in [-0.4, -0.2) is 16.7 Å². The van der Waals surface area contributed by atoms with Gasteiger partial charge < -0.3 is 10.6 Å². The van der Waals surface area contributed by atoms with Gasteiger partial charge in [0.15, 0.2) is 5.78 Å². The third kappa shape index (κ3) is 4.35. The Bertz CT molecular complexity index is 1110. The summed E-state index contributed by atoms with van der Waals surface area (Å²) in [6.45, 7) is 8.15. The SMILES string of the molecule is CC1=C(C(=O)Nc2ccc(Br)cn2)C(c2ccc(C)cc2)C2=C(CC(C)(C)CC2=O)N1. The van der Waals surface area contributed by atoms with Crippen molar-refractivity contribution in [2.45, 2.75) is 46.5 Å². The van der Waals surface area contributed by atoms with Crippen molar-refractivity contribution in [2.24, 2.45) is 5.41 Å². The Kier molecular flexibility index (Phi) is 5.60. The lowest BCUT2D eigenvalue weighted by molar-refractivity contribution is -0.118. The van der Waals surface area contributed by atoms with Crippen molar-refractivity contribution in [2.75, 3.05) is 5.32 Å². The summed E-state index contributed by atoms with van der Waals surface area (Å²) in [6.07, 6.45) is 2.88. The van der Waals surface area contributed by atoms with Gasteiger partial charge in [0.25, 0.3) is 5.91 Å². The fourth-order valence-corrected chi connectivity index (χ4v) is 4.70. The monoisotopic (exact) mass is 479 g/mol. The van der Waals surface area contributed by atoms with E-state index in [0.29, 0.717) is 23.4 Å². The van der Waals surface area contributed by atoms with Crippen LogP contribution in [0.15, 0.2) is 69.6 Å². The number of allylic oxidation sites excluding steroid dienone is 3. The first-order valence-corrected chi connectivity index (χ1v) is 11.2. The van der Waals surface area contributed by atoms with Crippen LogP contribution in [0.1, 0.15) is 50.7 Å². The van der Waals surface area contributed by atoms with Gasteiger partial charge in [0.2, 0.25) is 0 Å². The van der Waals surface area contributed by atoms with Gasteiger partial charge in [-0.2, -0.15) is 0 Å². The summed E-state index contributed by atoms with van der Waals surface area (Å²) >= 11 is 3.36. The number of hydrogen-bond acceptors (Lipinski definition) is 4. The van der Waals surface area contributed by atoms with Crippen LogP contribution in [0, 0.1) is 12.3 Å². The van der Waals surface area contributed by atoms with Crippen molar-refractivity contribution in [1.82, 2.24) is 10.3 Å². The predicted octanol–water partition coefficient (Wildman–Crippen LogP) is 5.40. The van der Waals surface area contributed by atoms with E-state index in [0.717, 1.165) is 33.4 Å². The zero-order chi connectivity index (χ0) is 22.3. The van der Waals surface area contributed by atoms with Crippen LogP contribution in [0.3, 0.4) is 0 Å². The first-order chi connectivity index (χ1) is 14.6. The third-order valence-electron chi connectivity index (χ3n) is 5.86. The van der Waals surface area contributed by atoms with E-state index in [9.17, 15) is 9.59 Å². The van der Waals surface area contributed by atoms with E-state index in [1.54, 1.807) is 12.3 Å². The smallest absolute Gasteiger partial charge is 0.255 e. The van der Waals surface area contributed by atoms with Crippen LogP contribution in [-0.2, 0) is 9.59 Å². The van der Waals surface area contributed by atoms with Crippen LogP contribution >= 0.6 is 15.9 Å². The van der Waals surface area contributed by atoms with Crippen LogP contribution in [0.2, 0.25) is 0 Å². The number of hydrogen-bond donors (Lipinski definition) is 2. The Balaban J connectivity index is 1.79. The van der Waals surface area contributed by atoms with Gasteiger partial charge in [0, 0.05) is 45.5 Å². The van der Waals surface area contributed by atoms with E-state index in [1.165, 1.54) is 0 Å². The number of anilines is 1. The summed E-state index contributed by atoms with van der Waals surface area (Å²) in [5.41, 5.74) is 4.94. The topological polar surface area (TPSA) is 71.1 Å².